The smallest absolute Gasteiger partial charge is 0.237 e. The van der Waals surface area contributed by atoms with Gasteiger partial charge in [-0.15, -0.1) is 0 Å². The van der Waals surface area contributed by atoms with E-state index in [9.17, 15) is 4.79 Å². The number of carbonyl (C=O) groups is 1. The third-order valence-electron chi connectivity index (χ3n) is 9.34. The molecule has 2 aliphatic heterocycles. The quantitative estimate of drug-likeness (QED) is 0.548. The predicted octanol–water partition coefficient (Wildman–Crippen LogP) is 4.96. The fourth-order valence-electron chi connectivity index (χ4n) is 7.08. The lowest BCUT2D eigenvalue weighted by molar-refractivity contribution is -0.127. The number of nitrogens with zero attached hydrogens (tertiary/aromatic N) is 3. The first-order valence-electron chi connectivity index (χ1n) is 14.0. The molecule has 5 rings (SSSR count). The number of anilines is 2. The summed E-state index contributed by atoms with van der Waals surface area (Å²) in [6.07, 6.45) is 14.9. The van der Waals surface area contributed by atoms with Gasteiger partial charge in [-0.05, 0) is 75.4 Å². The van der Waals surface area contributed by atoms with Crippen molar-refractivity contribution in [2.75, 3.05) is 31.6 Å². The van der Waals surface area contributed by atoms with Gasteiger partial charge >= 0.3 is 0 Å². The zero-order valence-electron chi connectivity index (χ0n) is 22.1. The summed E-state index contributed by atoms with van der Waals surface area (Å²) in [5.74, 6) is 0.494. The van der Waals surface area contributed by atoms with Crippen LogP contribution in [-0.4, -0.2) is 48.0 Å². The highest BCUT2D eigenvalue weighted by atomic mass is 16.1. The van der Waals surface area contributed by atoms with Crippen LogP contribution in [0.3, 0.4) is 0 Å². The van der Waals surface area contributed by atoms with Gasteiger partial charge in [-0.1, -0.05) is 50.3 Å². The molecule has 1 amide bonds. The number of rotatable bonds is 8. The van der Waals surface area contributed by atoms with Crippen LogP contribution in [0.5, 0.6) is 0 Å². The van der Waals surface area contributed by atoms with Gasteiger partial charge in [-0.2, -0.15) is 0 Å². The molecule has 0 bridgehead atoms. The molecule has 36 heavy (non-hydrogen) atoms. The van der Waals surface area contributed by atoms with Crippen molar-refractivity contribution in [3.05, 3.63) is 53.9 Å². The number of para-hydroxylation sites is 1. The van der Waals surface area contributed by atoms with E-state index < -0.39 is 5.54 Å². The Labute approximate surface area is 216 Å². The fraction of sp³-hybridized carbons (Fsp3) is 0.600. The highest BCUT2D eigenvalue weighted by Crippen LogP contribution is 2.41. The van der Waals surface area contributed by atoms with E-state index >= 15 is 0 Å². The third kappa shape index (κ3) is 4.90. The van der Waals surface area contributed by atoms with Crippen molar-refractivity contribution in [2.45, 2.75) is 76.3 Å². The second-order valence-corrected chi connectivity index (χ2v) is 11.3. The average Bonchev–Trinajstić information content (AvgIpc) is 3.40. The molecule has 3 N–H and O–H groups in total. The maximum atomic E-state index is 12.7. The minimum atomic E-state index is -0.702. The molecule has 1 saturated heterocycles. The molecule has 2 aromatic rings. The first-order chi connectivity index (χ1) is 17.5. The van der Waals surface area contributed by atoms with Crippen molar-refractivity contribution in [1.29, 1.82) is 0 Å². The number of fused-ring (bicyclic) bond motifs is 1. The van der Waals surface area contributed by atoms with Gasteiger partial charge < -0.3 is 16.0 Å². The highest BCUT2D eigenvalue weighted by Gasteiger charge is 2.45. The van der Waals surface area contributed by atoms with E-state index in [0.717, 1.165) is 38.9 Å². The van der Waals surface area contributed by atoms with Crippen molar-refractivity contribution < 1.29 is 4.79 Å². The number of likely N-dealkylation sites (N-methyl/N-ethyl adjacent to an activating group) is 1. The van der Waals surface area contributed by atoms with Crippen LogP contribution in [0, 0.1) is 11.8 Å². The van der Waals surface area contributed by atoms with E-state index in [4.69, 9.17) is 10.7 Å². The number of aryl methyl sites for hydroxylation is 1. The van der Waals surface area contributed by atoms with Gasteiger partial charge in [0, 0.05) is 36.9 Å². The molecular formula is C30H43N5O. The SMILES string of the molecule is CNC(C)(C(N)=O)[C@H](CN1CCC[C@H]1c1cncc(N2CCCc3ccccc32)c1)C1CCCCC1. The molecule has 1 aliphatic carbocycles. The van der Waals surface area contributed by atoms with Crippen LogP contribution in [0.15, 0.2) is 42.7 Å². The molecule has 3 atom stereocenters. The molecule has 2 fully saturated rings. The molecule has 1 aromatic carbocycles. The van der Waals surface area contributed by atoms with E-state index in [2.05, 4.69) is 51.6 Å². The highest BCUT2D eigenvalue weighted by molar-refractivity contribution is 5.84. The maximum absolute atomic E-state index is 12.7. The number of benzene rings is 1. The summed E-state index contributed by atoms with van der Waals surface area (Å²) in [5, 5.41) is 3.35. The Kier molecular flexibility index (Phi) is 7.63. The topological polar surface area (TPSA) is 74.5 Å². The molecule has 0 spiro atoms. The van der Waals surface area contributed by atoms with Gasteiger partial charge in [-0.3, -0.25) is 14.7 Å². The molecular weight excluding hydrogens is 446 g/mol. The van der Waals surface area contributed by atoms with Crippen LogP contribution >= 0.6 is 0 Å². The molecule has 0 radical (unpaired) electrons. The molecule has 6 nitrogen and oxygen atoms in total. The Morgan fingerprint density at radius 2 is 1.92 bits per heavy atom. The minimum Gasteiger partial charge on any atom is -0.368 e. The van der Waals surface area contributed by atoms with Crippen LogP contribution in [0.1, 0.15) is 75.5 Å². The van der Waals surface area contributed by atoms with Crippen LogP contribution < -0.4 is 16.0 Å². The number of nitrogens with two attached hydrogens (primary N) is 1. The number of likely N-dealkylation sites (tertiary alicyclic amines) is 1. The fourth-order valence-corrected chi connectivity index (χ4v) is 7.08. The second kappa shape index (κ2) is 10.9. The van der Waals surface area contributed by atoms with Crippen LogP contribution in [0.25, 0.3) is 0 Å². The minimum absolute atomic E-state index is 0.200. The van der Waals surface area contributed by atoms with Crippen molar-refractivity contribution >= 4 is 17.3 Å². The Balaban J connectivity index is 1.40. The summed E-state index contributed by atoms with van der Waals surface area (Å²) in [7, 11) is 1.89. The van der Waals surface area contributed by atoms with E-state index in [1.807, 2.05) is 20.2 Å². The summed E-state index contributed by atoms with van der Waals surface area (Å²) in [6.45, 7) is 5.00. The average molecular weight is 490 g/mol. The normalized spacial score (nSPS) is 23.7. The number of hydrogen-bond acceptors (Lipinski definition) is 5. The molecule has 6 heteroatoms. The monoisotopic (exact) mass is 489 g/mol. The van der Waals surface area contributed by atoms with Crippen LogP contribution in [-0.2, 0) is 11.2 Å². The van der Waals surface area contributed by atoms with Crippen molar-refractivity contribution in [1.82, 2.24) is 15.2 Å². The maximum Gasteiger partial charge on any atom is 0.237 e. The molecule has 1 unspecified atom stereocenters. The van der Waals surface area contributed by atoms with Crippen molar-refractivity contribution in [2.24, 2.45) is 17.6 Å². The largest absolute Gasteiger partial charge is 0.368 e. The van der Waals surface area contributed by atoms with Gasteiger partial charge in [0.25, 0.3) is 0 Å². The summed E-state index contributed by atoms with van der Waals surface area (Å²) in [6, 6.07) is 11.5. The number of amides is 1. The zero-order chi connectivity index (χ0) is 25.1. The standard InChI is InChI=1S/C30H43N5O/c1-30(32-2,29(31)36)26(22-10-4-3-5-11-22)21-34-16-9-15-27(34)24-18-25(20-33-19-24)35-17-8-13-23-12-6-7-14-28(23)35/h6-7,12,14,18-20,22,26-27,32H,3-5,8-11,13,15-17,21H2,1-2H3,(H2,31,36)/t26-,27+,30?/m1/s1. The first-order valence-corrected chi connectivity index (χ1v) is 14.0. The van der Waals surface area contributed by atoms with Crippen molar-refractivity contribution in [3.63, 3.8) is 0 Å². The van der Waals surface area contributed by atoms with E-state index in [1.165, 1.54) is 61.0 Å². The Morgan fingerprint density at radius 1 is 1.11 bits per heavy atom. The van der Waals surface area contributed by atoms with Gasteiger partial charge in [0.1, 0.15) is 0 Å². The van der Waals surface area contributed by atoms with Gasteiger partial charge in [-0.25, -0.2) is 0 Å². The van der Waals surface area contributed by atoms with E-state index in [0.29, 0.717) is 12.0 Å². The summed E-state index contributed by atoms with van der Waals surface area (Å²) in [4.78, 5) is 22.5. The third-order valence-corrected chi connectivity index (χ3v) is 9.34. The lowest BCUT2D eigenvalue weighted by Crippen LogP contribution is -2.61. The van der Waals surface area contributed by atoms with Gasteiger partial charge in [0.15, 0.2) is 0 Å². The Bertz CT molecular complexity index is 1050. The predicted molar refractivity (Wildman–Crippen MR) is 146 cm³/mol. The lowest BCUT2D eigenvalue weighted by atomic mass is 9.70. The Morgan fingerprint density at radius 3 is 2.69 bits per heavy atom. The van der Waals surface area contributed by atoms with E-state index in [-0.39, 0.29) is 11.8 Å². The van der Waals surface area contributed by atoms with Crippen LogP contribution in [0.4, 0.5) is 11.4 Å². The van der Waals surface area contributed by atoms with Crippen LogP contribution in [0.2, 0.25) is 0 Å². The summed E-state index contributed by atoms with van der Waals surface area (Å²) < 4.78 is 0. The summed E-state index contributed by atoms with van der Waals surface area (Å²) >= 11 is 0. The van der Waals surface area contributed by atoms with E-state index in [1.54, 1.807) is 0 Å². The lowest BCUT2D eigenvalue weighted by Gasteiger charge is -2.44. The van der Waals surface area contributed by atoms with Crippen molar-refractivity contribution in [3.8, 4) is 0 Å². The number of carbonyl (C=O) groups excluding carboxylic acids is 1. The molecule has 3 heterocycles. The Hall–Kier alpha value is -2.44. The molecule has 3 aliphatic rings. The second-order valence-electron chi connectivity index (χ2n) is 11.3. The first kappa shape index (κ1) is 25.2. The molecule has 1 aromatic heterocycles. The number of aromatic nitrogens is 1. The number of hydrogen-bond donors (Lipinski definition) is 2. The number of nitrogens with one attached hydrogen (secondary N) is 1. The van der Waals surface area contributed by atoms with Gasteiger partial charge in [0.05, 0.1) is 17.4 Å². The summed E-state index contributed by atoms with van der Waals surface area (Å²) in [5.41, 5.74) is 10.5. The van der Waals surface area contributed by atoms with Gasteiger partial charge in [0.2, 0.25) is 5.91 Å². The number of primary amides is 1. The zero-order valence-corrected chi connectivity index (χ0v) is 22.1. The number of pyridine rings is 1. The molecule has 1 saturated carbocycles. The molecule has 194 valence electrons.